The van der Waals surface area contributed by atoms with Gasteiger partial charge >= 0.3 is 0 Å². The highest BCUT2D eigenvalue weighted by Crippen LogP contribution is 2.28. The van der Waals surface area contributed by atoms with Gasteiger partial charge in [-0.25, -0.2) is 4.39 Å². The molecular formula is C22H36Cl2FN3. The Balaban J connectivity index is 0.000000878. The topological polar surface area (TPSA) is 27.3 Å². The highest BCUT2D eigenvalue weighted by atomic mass is 35.5. The maximum Gasteiger partial charge on any atom is 0.123 e. The first kappa shape index (κ1) is 23.9. The van der Waals surface area contributed by atoms with E-state index in [0.29, 0.717) is 18.0 Å². The van der Waals surface area contributed by atoms with Crippen molar-refractivity contribution < 1.29 is 4.39 Å². The lowest BCUT2D eigenvalue weighted by Crippen LogP contribution is -2.49. The van der Waals surface area contributed by atoms with Gasteiger partial charge in [0.1, 0.15) is 5.82 Å². The van der Waals surface area contributed by atoms with Gasteiger partial charge in [-0.1, -0.05) is 12.1 Å². The number of likely N-dealkylation sites (tertiary alicyclic amines) is 1. The molecule has 1 saturated carbocycles. The average Bonchev–Trinajstić information content (AvgIpc) is 2.70. The summed E-state index contributed by atoms with van der Waals surface area (Å²) in [6, 6.07) is 8.41. The Morgan fingerprint density at radius 3 is 2.43 bits per heavy atom. The predicted octanol–water partition coefficient (Wildman–Crippen LogP) is 4.48. The molecule has 1 aliphatic heterocycles. The molecule has 160 valence electrons. The molecule has 0 radical (unpaired) electrons. The van der Waals surface area contributed by atoms with E-state index in [9.17, 15) is 4.39 Å². The zero-order valence-electron chi connectivity index (χ0n) is 17.3. The summed E-state index contributed by atoms with van der Waals surface area (Å²) >= 11 is 9.53. The first-order valence-corrected chi connectivity index (χ1v) is 11.6. The number of alkyl halides is 2. The molecule has 2 N–H and O–H groups in total. The monoisotopic (exact) mass is 431 g/mol. The fourth-order valence-electron chi connectivity index (χ4n) is 4.88. The Morgan fingerprint density at radius 2 is 1.79 bits per heavy atom. The number of nitrogens with one attached hydrogen (secondary N) is 2. The van der Waals surface area contributed by atoms with Crippen molar-refractivity contribution in [3.8, 4) is 0 Å². The van der Waals surface area contributed by atoms with E-state index in [4.69, 9.17) is 23.2 Å². The minimum atomic E-state index is -0.136. The van der Waals surface area contributed by atoms with Crippen molar-refractivity contribution in [3.05, 3.63) is 35.6 Å². The molecule has 3 rings (SSSR count). The molecule has 1 saturated heterocycles. The van der Waals surface area contributed by atoms with E-state index >= 15 is 0 Å². The second kappa shape index (κ2) is 13.0. The number of hydrogen-bond donors (Lipinski definition) is 2. The molecule has 0 amide bonds. The van der Waals surface area contributed by atoms with Gasteiger partial charge in [0, 0.05) is 25.2 Å². The quantitative estimate of drug-likeness (QED) is 0.650. The first-order valence-electron chi connectivity index (χ1n) is 10.5. The molecule has 6 heteroatoms. The molecule has 1 aliphatic carbocycles. The van der Waals surface area contributed by atoms with Crippen LogP contribution >= 0.6 is 23.2 Å². The molecule has 0 spiro atoms. The second-order valence-corrected chi connectivity index (χ2v) is 8.96. The van der Waals surface area contributed by atoms with Crippen LogP contribution in [0.4, 0.5) is 4.39 Å². The molecule has 28 heavy (non-hydrogen) atoms. The van der Waals surface area contributed by atoms with Crippen molar-refractivity contribution in [1.82, 2.24) is 15.5 Å². The largest absolute Gasteiger partial charge is 0.317 e. The summed E-state index contributed by atoms with van der Waals surface area (Å²) in [5, 5.41) is 7.23. The van der Waals surface area contributed by atoms with Crippen molar-refractivity contribution >= 4 is 23.2 Å². The molecule has 0 unspecified atom stereocenters. The molecule has 2 fully saturated rings. The standard InChI is InChI=1S/C21H34FN3.CH2Cl2/c1-23-20-9-10-21(24-2)18(13-20)15-25-11-3-4-17(14-25)12-16-5-7-19(22)8-6-16;2-1-3/h5-8,17-18,20-21,23-24H,3-4,9-15H2,1-2H3;1H2/t17-,18-,20+,21+;/m0./s1. The predicted molar refractivity (Wildman–Crippen MR) is 119 cm³/mol. The van der Waals surface area contributed by atoms with Crippen LogP contribution in [0, 0.1) is 17.7 Å². The van der Waals surface area contributed by atoms with Gasteiger partial charge in [-0.3, -0.25) is 0 Å². The van der Waals surface area contributed by atoms with Gasteiger partial charge in [-0.2, -0.15) is 0 Å². The maximum absolute atomic E-state index is 13.1. The van der Waals surface area contributed by atoms with E-state index in [-0.39, 0.29) is 11.2 Å². The van der Waals surface area contributed by atoms with Crippen LogP contribution in [0.15, 0.2) is 24.3 Å². The van der Waals surface area contributed by atoms with Crippen LogP contribution in [0.3, 0.4) is 0 Å². The maximum atomic E-state index is 13.1. The summed E-state index contributed by atoms with van der Waals surface area (Å²) in [4.78, 5) is 2.69. The molecule has 0 aromatic heterocycles. The van der Waals surface area contributed by atoms with E-state index in [1.165, 1.54) is 57.3 Å². The number of hydrogen-bond acceptors (Lipinski definition) is 3. The van der Waals surface area contributed by atoms with E-state index in [1.54, 1.807) is 12.1 Å². The third-order valence-electron chi connectivity index (χ3n) is 6.29. The minimum Gasteiger partial charge on any atom is -0.317 e. The van der Waals surface area contributed by atoms with Gasteiger partial charge in [0.25, 0.3) is 0 Å². The summed E-state index contributed by atoms with van der Waals surface area (Å²) in [6.45, 7) is 3.63. The molecule has 3 nitrogen and oxygen atoms in total. The summed E-state index contributed by atoms with van der Waals surface area (Å²) in [6.07, 6.45) is 7.51. The van der Waals surface area contributed by atoms with Gasteiger partial charge < -0.3 is 15.5 Å². The van der Waals surface area contributed by atoms with Gasteiger partial charge in [0.2, 0.25) is 0 Å². The SMILES string of the molecule is CN[C@@H]1CC[C@@H](NC)[C@H](CN2CCC[C@@H](Cc3ccc(F)cc3)C2)C1.ClCCl. The van der Waals surface area contributed by atoms with Crippen molar-refractivity contribution in [2.45, 2.75) is 50.6 Å². The zero-order valence-corrected chi connectivity index (χ0v) is 18.8. The average molecular weight is 432 g/mol. The molecule has 1 aromatic rings. The smallest absolute Gasteiger partial charge is 0.123 e. The number of halogens is 3. The number of piperidine rings is 1. The molecule has 1 heterocycles. The van der Waals surface area contributed by atoms with Crippen LogP contribution in [0.1, 0.15) is 37.7 Å². The van der Waals surface area contributed by atoms with E-state index in [2.05, 4.69) is 29.6 Å². The molecule has 4 atom stereocenters. The Labute approximate surface area is 180 Å². The zero-order chi connectivity index (χ0) is 20.4. The van der Waals surface area contributed by atoms with Crippen LogP contribution in [0.25, 0.3) is 0 Å². The number of benzene rings is 1. The number of rotatable bonds is 6. The Kier molecular flexibility index (Phi) is 11.1. The lowest BCUT2D eigenvalue weighted by Gasteiger charge is -2.41. The molecule has 0 bridgehead atoms. The fourth-order valence-corrected chi connectivity index (χ4v) is 4.88. The first-order chi connectivity index (χ1) is 13.6. The summed E-state index contributed by atoms with van der Waals surface area (Å²) in [7, 11) is 4.21. The Morgan fingerprint density at radius 1 is 1.07 bits per heavy atom. The van der Waals surface area contributed by atoms with Crippen LogP contribution in [-0.4, -0.2) is 56.1 Å². The van der Waals surface area contributed by atoms with Crippen LogP contribution < -0.4 is 10.6 Å². The van der Waals surface area contributed by atoms with Gasteiger partial charge in [-0.15, -0.1) is 23.2 Å². The Hall–Kier alpha value is -0.390. The van der Waals surface area contributed by atoms with Gasteiger partial charge in [-0.05, 0) is 88.7 Å². The van der Waals surface area contributed by atoms with E-state index < -0.39 is 0 Å². The van der Waals surface area contributed by atoms with Crippen LogP contribution in [0.2, 0.25) is 0 Å². The van der Waals surface area contributed by atoms with Gasteiger partial charge in [0.05, 0.1) is 5.34 Å². The summed E-state index contributed by atoms with van der Waals surface area (Å²) in [5.74, 6) is 1.31. The lowest BCUT2D eigenvalue weighted by atomic mass is 9.80. The highest BCUT2D eigenvalue weighted by Gasteiger charge is 2.31. The lowest BCUT2D eigenvalue weighted by molar-refractivity contribution is 0.114. The van der Waals surface area contributed by atoms with Crippen LogP contribution in [0.5, 0.6) is 0 Å². The molecule has 2 aliphatic rings. The van der Waals surface area contributed by atoms with Crippen molar-refractivity contribution in [1.29, 1.82) is 0 Å². The fraction of sp³-hybridized carbons (Fsp3) is 0.727. The van der Waals surface area contributed by atoms with Crippen molar-refractivity contribution in [2.75, 3.05) is 39.1 Å². The minimum absolute atomic E-state index is 0.136. The van der Waals surface area contributed by atoms with E-state index in [0.717, 1.165) is 12.3 Å². The summed E-state index contributed by atoms with van der Waals surface area (Å²) in [5.41, 5.74) is 1.27. The second-order valence-electron chi connectivity index (χ2n) is 8.15. The molecular weight excluding hydrogens is 396 g/mol. The summed E-state index contributed by atoms with van der Waals surface area (Å²) < 4.78 is 13.1. The van der Waals surface area contributed by atoms with Crippen molar-refractivity contribution in [3.63, 3.8) is 0 Å². The third-order valence-corrected chi connectivity index (χ3v) is 6.29. The highest BCUT2D eigenvalue weighted by molar-refractivity contribution is 6.40. The molecule has 1 aromatic carbocycles. The van der Waals surface area contributed by atoms with Crippen molar-refractivity contribution in [2.24, 2.45) is 11.8 Å². The van der Waals surface area contributed by atoms with Crippen LogP contribution in [-0.2, 0) is 6.42 Å². The van der Waals surface area contributed by atoms with Gasteiger partial charge in [0.15, 0.2) is 0 Å². The third kappa shape index (κ3) is 7.79. The Bertz CT molecular complexity index is 543. The van der Waals surface area contributed by atoms with E-state index in [1.807, 2.05) is 12.1 Å². The number of nitrogens with zero attached hydrogens (tertiary/aromatic N) is 1. The normalized spacial score (nSPS) is 28.5.